The van der Waals surface area contributed by atoms with Gasteiger partial charge in [-0.15, -0.1) is 0 Å². The lowest BCUT2D eigenvalue weighted by atomic mass is 9.99. The summed E-state index contributed by atoms with van der Waals surface area (Å²) in [5, 5.41) is 4.57. The number of benzene rings is 1. The van der Waals surface area contributed by atoms with E-state index in [-0.39, 0.29) is 39.6 Å². The quantitative estimate of drug-likeness (QED) is 0.0434. The largest absolute Gasteiger partial charge is 0.456 e. The van der Waals surface area contributed by atoms with Crippen LogP contribution >= 0.6 is 0 Å². The number of ether oxygens (including phenoxy) is 7. The van der Waals surface area contributed by atoms with Crippen LogP contribution in [0, 0.1) is 23.3 Å². The van der Waals surface area contributed by atoms with Crippen LogP contribution in [-0.2, 0) is 47.5 Å². The fraction of sp³-hybridized carbons (Fsp3) is 0.600. The Morgan fingerprint density at radius 3 is 1.84 bits per heavy atom. The molecule has 0 aromatic heterocycles. The summed E-state index contributed by atoms with van der Waals surface area (Å²) in [7, 11) is 0. The second-order valence-electron chi connectivity index (χ2n) is 8.95. The van der Waals surface area contributed by atoms with Gasteiger partial charge in [-0.05, 0) is 12.5 Å². The Kier molecular flexibility index (Phi) is 14.2. The number of carbonyl (C=O) groups is 4. The van der Waals surface area contributed by atoms with Gasteiger partial charge in [-0.3, -0.25) is 19.2 Å². The van der Waals surface area contributed by atoms with Crippen molar-refractivity contribution in [3.8, 4) is 0 Å². The Bertz CT molecular complexity index is 1240. The second-order valence-corrected chi connectivity index (χ2v) is 8.95. The third-order valence-electron chi connectivity index (χ3n) is 5.66. The van der Waals surface area contributed by atoms with E-state index in [1.165, 1.54) is 0 Å². The van der Waals surface area contributed by atoms with E-state index in [2.05, 4.69) is 10.0 Å². The highest BCUT2D eigenvalue weighted by Gasteiger charge is 2.50. The molecular formula is C25H30F4N4O11. The van der Waals surface area contributed by atoms with Crippen LogP contribution in [0.3, 0.4) is 0 Å². The van der Waals surface area contributed by atoms with Gasteiger partial charge in [0.2, 0.25) is 0 Å². The number of azide groups is 1. The molecule has 1 aliphatic heterocycles. The summed E-state index contributed by atoms with van der Waals surface area (Å²) in [6.45, 7) is 4.41. The standard InChI is InChI=1S/C25H30F4N4O11/c1-11-21(42-12(2)34)22(43-13(3)35)23(44-14(4)36)25(41-11)40-10-9-39-8-7-38-6-5-31-24(37)15-16(26)18(28)20(32-33-30)19(29)17(15)27/h11,21-23,25H,5-10H2,1-4H3,(H,31,37)/t11-,21+,22?,23+,25?/m1/s1. The maximum Gasteiger partial charge on any atom is 0.303 e. The first-order valence-corrected chi connectivity index (χ1v) is 12.9. The Balaban J connectivity index is 1.78. The summed E-state index contributed by atoms with van der Waals surface area (Å²) in [6, 6.07) is 0. The van der Waals surface area contributed by atoms with Crippen molar-refractivity contribution in [2.45, 2.75) is 58.4 Å². The lowest BCUT2D eigenvalue weighted by Crippen LogP contribution is -2.61. The van der Waals surface area contributed by atoms with Gasteiger partial charge in [-0.1, -0.05) is 5.11 Å². The normalized spacial score (nSPS) is 21.1. The number of amides is 1. The zero-order valence-electron chi connectivity index (χ0n) is 24.0. The SMILES string of the molecule is CC(=O)OC1[C@H](OC(C)=O)C(OCCOCCOCCNC(=O)c2c(F)c(F)c(N=[N+]=[N-])c(F)c2F)O[C@H](C)[C@@H]1OC(C)=O. The van der Waals surface area contributed by atoms with Gasteiger partial charge < -0.3 is 38.5 Å². The molecule has 0 spiro atoms. The average Bonchev–Trinajstić information content (AvgIpc) is 2.94. The molecule has 1 aliphatic rings. The minimum atomic E-state index is -2.03. The Labute approximate surface area is 247 Å². The van der Waals surface area contributed by atoms with Crippen LogP contribution in [0.2, 0.25) is 0 Å². The summed E-state index contributed by atoms with van der Waals surface area (Å²) in [4.78, 5) is 49.0. The first-order valence-electron chi connectivity index (χ1n) is 12.9. The molecule has 0 bridgehead atoms. The summed E-state index contributed by atoms with van der Waals surface area (Å²) in [5.74, 6) is -11.7. The predicted molar refractivity (Wildman–Crippen MR) is 136 cm³/mol. The van der Waals surface area contributed by atoms with Gasteiger partial charge in [-0.2, -0.15) is 0 Å². The molecule has 1 fully saturated rings. The number of halogens is 4. The second kappa shape index (κ2) is 17.3. The highest BCUT2D eigenvalue weighted by Crippen LogP contribution is 2.31. The first kappa shape index (κ1) is 36.2. The van der Waals surface area contributed by atoms with Gasteiger partial charge in [0.05, 0.1) is 39.1 Å². The van der Waals surface area contributed by atoms with E-state index in [1.807, 2.05) is 5.32 Å². The summed E-state index contributed by atoms with van der Waals surface area (Å²) >= 11 is 0. The Morgan fingerprint density at radius 1 is 0.795 bits per heavy atom. The minimum absolute atomic E-state index is 0.00562. The maximum atomic E-state index is 14.0. The molecule has 1 aromatic carbocycles. The molecule has 1 aromatic rings. The highest BCUT2D eigenvalue weighted by molar-refractivity contribution is 5.95. The molecule has 19 heteroatoms. The molecule has 5 atom stereocenters. The van der Waals surface area contributed by atoms with E-state index in [1.54, 1.807) is 6.92 Å². The molecule has 0 radical (unpaired) electrons. The molecule has 1 saturated heterocycles. The Morgan fingerprint density at radius 2 is 1.30 bits per heavy atom. The van der Waals surface area contributed by atoms with Crippen LogP contribution in [0.15, 0.2) is 5.11 Å². The van der Waals surface area contributed by atoms with Gasteiger partial charge in [0.1, 0.15) is 11.3 Å². The fourth-order valence-electron chi connectivity index (χ4n) is 3.93. The summed E-state index contributed by atoms with van der Waals surface area (Å²) in [6.07, 6.45) is -5.58. The van der Waals surface area contributed by atoms with Gasteiger partial charge in [-0.25, -0.2) is 17.6 Å². The van der Waals surface area contributed by atoms with E-state index in [9.17, 15) is 36.7 Å². The van der Waals surface area contributed by atoms with Crippen molar-refractivity contribution >= 4 is 29.5 Å². The van der Waals surface area contributed by atoms with Crippen LogP contribution in [-0.4, -0.2) is 94.1 Å². The molecule has 44 heavy (non-hydrogen) atoms. The molecule has 0 saturated carbocycles. The highest BCUT2D eigenvalue weighted by atomic mass is 19.2. The molecule has 244 valence electrons. The van der Waals surface area contributed by atoms with Crippen molar-refractivity contribution in [3.63, 3.8) is 0 Å². The van der Waals surface area contributed by atoms with Gasteiger partial charge >= 0.3 is 17.9 Å². The number of nitrogens with zero attached hydrogens (tertiary/aromatic N) is 3. The fourth-order valence-corrected chi connectivity index (χ4v) is 3.93. The molecule has 2 rings (SSSR count). The van der Waals surface area contributed by atoms with Crippen molar-refractivity contribution in [2.75, 3.05) is 39.6 Å². The third-order valence-corrected chi connectivity index (χ3v) is 5.66. The van der Waals surface area contributed by atoms with E-state index in [4.69, 9.17) is 38.7 Å². The van der Waals surface area contributed by atoms with Crippen molar-refractivity contribution in [1.29, 1.82) is 0 Å². The molecule has 1 N–H and O–H groups in total. The number of esters is 3. The molecule has 15 nitrogen and oxygen atoms in total. The maximum absolute atomic E-state index is 14.0. The lowest BCUT2D eigenvalue weighted by Gasteiger charge is -2.43. The summed E-state index contributed by atoms with van der Waals surface area (Å²) in [5.41, 5.74) is 5.18. The van der Waals surface area contributed by atoms with Crippen molar-refractivity contribution < 1.29 is 69.9 Å². The van der Waals surface area contributed by atoms with Gasteiger partial charge in [0, 0.05) is 32.2 Å². The lowest BCUT2D eigenvalue weighted by molar-refractivity contribution is -0.302. The zero-order chi connectivity index (χ0) is 33.0. The van der Waals surface area contributed by atoms with Crippen LogP contribution in [0.1, 0.15) is 38.1 Å². The topological polar surface area (TPSA) is 194 Å². The molecule has 1 amide bonds. The van der Waals surface area contributed by atoms with Gasteiger partial charge in [0.25, 0.3) is 5.91 Å². The van der Waals surface area contributed by atoms with Crippen LogP contribution in [0.25, 0.3) is 10.4 Å². The number of hydrogen-bond donors (Lipinski definition) is 1. The number of rotatable bonds is 15. The molecule has 1 heterocycles. The van der Waals surface area contributed by atoms with Crippen LogP contribution in [0.4, 0.5) is 23.2 Å². The summed E-state index contributed by atoms with van der Waals surface area (Å²) < 4.78 is 93.4. The van der Waals surface area contributed by atoms with Crippen LogP contribution < -0.4 is 5.32 Å². The molecular weight excluding hydrogens is 608 g/mol. The third kappa shape index (κ3) is 10.0. The minimum Gasteiger partial charge on any atom is -0.456 e. The first-order chi connectivity index (χ1) is 20.8. The predicted octanol–water partition coefficient (Wildman–Crippen LogP) is 2.50. The van der Waals surface area contributed by atoms with Crippen LogP contribution in [0.5, 0.6) is 0 Å². The number of nitrogens with one attached hydrogen (secondary N) is 1. The van der Waals surface area contributed by atoms with Crippen molar-refractivity contribution in [1.82, 2.24) is 5.32 Å². The number of carbonyl (C=O) groups excluding carboxylic acids is 4. The molecule has 2 unspecified atom stereocenters. The molecule has 0 aliphatic carbocycles. The van der Waals surface area contributed by atoms with E-state index >= 15 is 0 Å². The monoisotopic (exact) mass is 638 g/mol. The van der Waals surface area contributed by atoms with E-state index < -0.39 is 89.0 Å². The van der Waals surface area contributed by atoms with Crippen molar-refractivity contribution in [2.24, 2.45) is 5.11 Å². The van der Waals surface area contributed by atoms with E-state index in [0.29, 0.717) is 0 Å². The number of hydrogen-bond acceptors (Lipinski definition) is 12. The van der Waals surface area contributed by atoms with Crippen molar-refractivity contribution in [3.05, 3.63) is 39.3 Å². The zero-order valence-corrected chi connectivity index (χ0v) is 24.0. The smallest absolute Gasteiger partial charge is 0.303 e. The Hall–Kier alpha value is -4.03. The van der Waals surface area contributed by atoms with E-state index in [0.717, 1.165) is 20.8 Å². The van der Waals surface area contributed by atoms with Gasteiger partial charge in [0.15, 0.2) is 47.9 Å². The average molecular weight is 639 g/mol.